The summed E-state index contributed by atoms with van der Waals surface area (Å²) in [6.45, 7) is 2.66. The number of aromatic hydroxyl groups is 1. The van der Waals surface area contributed by atoms with E-state index in [1.54, 1.807) is 19.0 Å². The minimum absolute atomic E-state index is 0.0797. The molecule has 1 aromatic rings. The monoisotopic (exact) mass is 551 g/mol. The fourth-order valence-corrected chi connectivity index (χ4v) is 7.24. The van der Waals surface area contributed by atoms with Crippen LogP contribution < -0.4 is 5.73 Å². The number of hydrogen-bond acceptors (Lipinski definition) is 9. The summed E-state index contributed by atoms with van der Waals surface area (Å²) in [6, 6.07) is 2.36. The third-order valence-corrected chi connectivity index (χ3v) is 9.52. The van der Waals surface area contributed by atoms with E-state index in [1.807, 2.05) is 6.07 Å². The first-order valence-corrected chi connectivity index (χ1v) is 14.1. The molecule has 5 aliphatic rings. The highest BCUT2D eigenvalue weighted by Gasteiger charge is 2.63. The van der Waals surface area contributed by atoms with Gasteiger partial charge in [-0.2, -0.15) is 0 Å². The lowest BCUT2D eigenvalue weighted by atomic mass is 9.58. The van der Waals surface area contributed by atoms with Crippen LogP contribution in [0.2, 0.25) is 0 Å². The van der Waals surface area contributed by atoms with Crippen molar-refractivity contribution in [2.75, 3.05) is 27.2 Å². The van der Waals surface area contributed by atoms with Crippen molar-refractivity contribution in [3.63, 3.8) is 0 Å². The van der Waals surface area contributed by atoms with Gasteiger partial charge in [0.15, 0.2) is 11.4 Å². The number of rotatable bonds is 8. The average molecular weight is 552 g/mol. The molecule has 10 nitrogen and oxygen atoms in total. The molecule has 5 aliphatic carbocycles. The van der Waals surface area contributed by atoms with Crippen molar-refractivity contribution in [2.45, 2.75) is 56.7 Å². The van der Waals surface area contributed by atoms with Crippen molar-refractivity contribution in [1.82, 2.24) is 9.80 Å². The highest BCUT2D eigenvalue weighted by molar-refractivity contribution is 6.24. The van der Waals surface area contributed by atoms with Crippen molar-refractivity contribution >= 4 is 17.5 Å². The summed E-state index contributed by atoms with van der Waals surface area (Å²) in [5.41, 5.74) is 3.59. The number of amides is 1. The molecule has 0 aliphatic heterocycles. The van der Waals surface area contributed by atoms with Crippen LogP contribution in [0.15, 0.2) is 34.8 Å². The maximum Gasteiger partial charge on any atom is 0.255 e. The molecule has 0 radical (unpaired) electrons. The number of phenols is 1. The van der Waals surface area contributed by atoms with Crippen molar-refractivity contribution < 1.29 is 34.8 Å². The standard InChI is InChI=1S/C30H37N3O7/c1-32(2)24-19-10-17-9-18-16(13-33(11-14-3-4-14)12-15-5-6-15)7-8-20(34)22(18)25(35)21(17)27(37)30(19,40)28(38)23(26(24)36)29(31)39/h7-8,14-15,17,19,24,34,36-37,40H,3-6,9-13H2,1-2H3,(H2,31,39)/t17-,19-,24?,30-/m0/s1. The third-order valence-electron chi connectivity index (χ3n) is 9.52. The van der Waals surface area contributed by atoms with Gasteiger partial charge in [0.25, 0.3) is 5.91 Å². The number of aliphatic hydroxyl groups excluding tert-OH is 2. The summed E-state index contributed by atoms with van der Waals surface area (Å²) in [7, 11) is 3.25. The summed E-state index contributed by atoms with van der Waals surface area (Å²) in [5.74, 6) is -4.90. The summed E-state index contributed by atoms with van der Waals surface area (Å²) in [5, 5.41) is 44.9. The van der Waals surface area contributed by atoms with Crippen LogP contribution in [0.3, 0.4) is 0 Å². The van der Waals surface area contributed by atoms with E-state index in [-0.39, 0.29) is 23.3 Å². The number of carbonyl (C=O) groups excluding carboxylic acids is 3. The fourth-order valence-electron chi connectivity index (χ4n) is 7.24. The molecule has 6 rings (SSSR count). The Morgan fingerprint density at radius 3 is 2.23 bits per heavy atom. The van der Waals surface area contributed by atoms with Gasteiger partial charge in [-0.15, -0.1) is 0 Å². The maximum atomic E-state index is 13.9. The molecule has 2 fully saturated rings. The van der Waals surface area contributed by atoms with Crippen LogP contribution in [-0.4, -0.2) is 86.5 Å². The molecule has 4 atom stereocenters. The fraction of sp³-hybridized carbons (Fsp3) is 0.567. The van der Waals surface area contributed by atoms with E-state index < -0.39 is 58.0 Å². The zero-order chi connectivity index (χ0) is 28.7. The molecule has 6 N–H and O–H groups in total. The molecule has 1 aromatic carbocycles. The van der Waals surface area contributed by atoms with E-state index in [9.17, 15) is 34.8 Å². The molecule has 10 heteroatoms. The predicted molar refractivity (Wildman–Crippen MR) is 144 cm³/mol. The maximum absolute atomic E-state index is 13.9. The van der Waals surface area contributed by atoms with Gasteiger partial charge in [-0.25, -0.2) is 0 Å². The van der Waals surface area contributed by atoms with Gasteiger partial charge < -0.3 is 26.2 Å². The molecule has 214 valence electrons. The number of primary amides is 1. The Kier molecular flexibility index (Phi) is 6.36. The lowest BCUT2D eigenvalue weighted by molar-refractivity contribution is -0.148. The second-order valence-electron chi connectivity index (χ2n) is 12.6. The third kappa shape index (κ3) is 4.15. The number of ketones is 2. The molecule has 2 saturated carbocycles. The summed E-state index contributed by atoms with van der Waals surface area (Å²) in [6.07, 6.45) is 5.35. The number of allylic oxidation sites excluding steroid dienone is 1. The Bertz CT molecular complexity index is 1360. The molecule has 0 bridgehead atoms. The van der Waals surface area contributed by atoms with Gasteiger partial charge in [0.05, 0.1) is 11.6 Å². The molecular weight excluding hydrogens is 514 g/mol. The van der Waals surface area contributed by atoms with Gasteiger partial charge in [-0.05, 0) is 87.6 Å². The molecule has 40 heavy (non-hydrogen) atoms. The van der Waals surface area contributed by atoms with Crippen LogP contribution in [-0.2, 0) is 22.6 Å². The van der Waals surface area contributed by atoms with Gasteiger partial charge in [-0.3, -0.25) is 24.2 Å². The van der Waals surface area contributed by atoms with E-state index in [0.29, 0.717) is 24.8 Å². The molecular formula is C30H37N3O7. The Morgan fingerprint density at radius 2 is 1.68 bits per heavy atom. The van der Waals surface area contributed by atoms with Crippen molar-refractivity contribution in [3.05, 3.63) is 51.5 Å². The number of likely N-dealkylation sites (N-methyl/N-ethyl adjacent to an activating group) is 1. The number of carbonyl (C=O) groups is 3. The summed E-state index contributed by atoms with van der Waals surface area (Å²) < 4.78 is 0. The first kappa shape index (κ1) is 27.0. The number of phenolic OH excluding ortho intramolecular Hbond substituents is 1. The Hall–Kier alpha value is -3.21. The number of hydrogen-bond donors (Lipinski definition) is 5. The van der Waals surface area contributed by atoms with Crippen LogP contribution in [0.25, 0.3) is 0 Å². The molecule has 0 heterocycles. The Balaban J connectivity index is 1.42. The minimum Gasteiger partial charge on any atom is -0.510 e. The number of nitrogens with two attached hydrogens (primary N) is 1. The number of Topliss-reactive ketones (excluding diaryl/α,β-unsaturated/α-hetero) is 2. The van der Waals surface area contributed by atoms with Crippen LogP contribution in [0.5, 0.6) is 5.75 Å². The van der Waals surface area contributed by atoms with Crippen LogP contribution in [0.1, 0.15) is 53.6 Å². The summed E-state index contributed by atoms with van der Waals surface area (Å²) in [4.78, 5) is 43.5. The predicted octanol–water partition coefficient (Wildman–Crippen LogP) is 1.74. The SMILES string of the molecule is CN(C)C1C(O)=C(C(N)=O)C(=O)[C@@]2(O)C(O)=C3C(=O)c4c(O)ccc(CN(CC5CC5)CC5CC5)c4C[C@H]3C[C@@H]12. The highest BCUT2D eigenvalue weighted by Crippen LogP contribution is 2.52. The van der Waals surface area contributed by atoms with Crippen molar-refractivity contribution in [2.24, 2.45) is 29.4 Å². The topological polar surface area (TPSA) is 165 Å². The van der Waals surface area contributed by atoms with Crippen molar-refractivity contribution in [3.8, 4) is 5.75 Å². The number of fused-ring (bicyclic) bond motifs is 3. The summed E-state index contributed by atoms with van der Waals surface area (Å²) >= 11 is 0. The number of aliphatic hydroxyl groups is 3. The van der Waals surface area contributed by atoms with E-state index in [2.05, 4.69) is 4.90 Å². The normalized spacial score (nSPS) is 30.1. The highest BCUT2D eigenvalue weighted by atomic mass is 16.3. The van der Waals surface area contributed by atoms with E-state index in [4.69, 9.17) is 5.73 Å². The molecule has 0 aromatic heterocycles. The van der Waals surface area contributed by atoms with Gasteiger partial charge in [-0.1, -0.05) is 6.07 Å². The molecule has 0 saturated heterocycles. The molecule has 1 unspecified atom stereocenters. The smallest absolute Gasteiger partial charge is 0.255 e. The Morgan fingerprint density at radius 1 is 1.05 bits per heavy atom. The zero-order valence-corrected chi connectivity index (χ0v) is 22.9. The minimum atomic E-state index is -2.62. The second kappa shape index (κ2) is 9.43. The number of nitrogens with zero attached hydrogens (tertiary/aromatic N) is 2. The van der Waals surface area contributed by atoms with Crippen LogP contribution in [0, 0.1) is 23.7 Å². The van der Waals surface area contributed by atoms with Crippen LogP contribution in [0.4, 0.5) is 0 Å². The van der Waals surface area contributed by atoms with E-state index in [0.717, 1.165) is 24.2 Å². The Labute approximate surface area is 232 Å². The zero-order valence-electron chi connectivity index (χ0n) is 22.9. The van der Waals surface area contributed by atoms with Gasteiger partial charge in [0.2, 0.25) is 5.78 Å². The quantitative estimate of drug-likeness (QED) is 0.303. The van der Waals surface area contributed by atoms with E-state index >= 15 is 0 Å². The van der Waals surface area contributed by atoms with Gasteiger partial charge in [0.1, 0.15) is 22.8 Å². The molecule has 0 spiro atoms. The van der Waals surface area contributed by atoms with Gasteiger partial charge >= 0.3 is 0 Å². The largest absolute Gasteiger partial charge is 0.510 e. The van der Waals surface area contributed by atoms with Gasteiger partial charge in [0, 0.05) is 31.1 Å². The van der Waals surface area contributed by atoms with Crippen LogP contribution >= 0.6 is 0 Å². The first-order valence-electron chi connectivity index (χ1n) is 14.1. The average Bonchev–Trinajstić information content (AvgIpc) is 3.80. The number of benzene rings is 1. The second-order valence-corrected chi connectivity index (χ2v) is 12.6. The van der Waals surface area contributed by atoms with E-state index in [1.165, 1.54) is 31.7 Å². The lowest BCUT2D eigenvalue weighted by Crippen LogP contribution is -2.63. The lowest BCUT2D eigenvalue weighted by Gasteiger charge is -2.50. The first-order chi connectivity index (χ1) is 18.9. The van der Waals surface area contributed by atoms with Crippen molar-refractivity contribution in [1.29, 1.82) is 0 Å². The molecule has 1 amide bonds.